The van der Waals surface area contributed by atoms with Gasteiger partial charge in [0.05, 0.1) is 18.9 Å². The van der Waals surface area contributed by atoms with Crippen LogP contribution in [0, 0.1) is 0 Å². The number of ether oxygens (including phenoxy) is 1. The molecule has 3 aromatic rings. The van der Waals surface area contributed by atoms with Crippen LogP contribution in [0.5, 0.6) is 5.75 Å². The minimum Gasteiger partial charge on any atom is -0.497 e. The predicted octanol–water partition coefficient (Wildman–Crippen LogP) is 5.57. The van der Waals surface area contributed by atoms with Crippen molar-refractivity contribution in [2.75, 3.05) is 30.2 Å². The Hall–Kier alpha value is -2.40. The van der Waals surface area contributed by atoms with Crippen molar-refractivity contribution >= 4 is 64.2 Å². The monoisotopic (exact) mass is 567 g/mol. The Labute approximate surface area is 228 Å². The summed E-state index contributed by atoms with van der Waals surface area (Å²) in [6.45, 7) is 2.56. The second-order valence-electron chi connectivity index (χ2n) is 7.62. The first-order valence-corrected chi connectivity index (χ1v) is 14.2. The molecule has 1 aromatic heterocycles. The fourth-order valence-electron chi connectivity index (χ4n) is 3.40. The molecule has 0 saturated heterocycles. The quantitative estimate of drug-likeness (QED) is 0.276. The zero-order valence-corrected chi connectivity index (χ0v) is 23.2. The molecule has 0 aliphatic carbocycles. The van der Waals surface area contributed by atoms with Gasteiger partial charge in [0, 0.05) is 27.8 Å². The van der Waals surface area contributed by atoms with Crippen LogP contribution in [-0.4, -0.2) is 51.5 Å². The van der Waals surface area contributed by atoms with E-state index in [1.54, 1.807) is 61.3 Å². The van der Waals surface area contributed by atoms with Crippen LogP contribution in [0.25, 0.3) is 0 Å². The molecule has 8 nitrogen and oxygen atoms in total. The van der Waals surface area contributed by atoms with Gasteiger partial charge in [-0.05, 0) is 67.8 Å². The molecule has 0 saturated carbocycles. The van der Waals surface area contributed by atoms with Crippen LogP contribution in [0.4, 0.5) is 5.69 Å². The summed E-state index contributed by atoms with van der Waals surface area (Å²) in [5, 5.41) is 16.0. The number of halogens is 2. The van der Waals surface area contributed by atoms with Gasteiger partial charge < -0.3 is 19.9 Å². The van der Waals surface area contributed by atoms with Gasteiger partial charge in [-0.15, -0.1) is 10.2 Å². The van der Waals surface area contributed by atoms with Crippen molar-refractivity contribution in [1.82, 2.24) is 20.1 Å². The van der Waals surface area contributed by atoms with Gasteiger partial charge in [-0.2, -0.15) is 11.8 Å². The number of nitrogens with zero attached hydrogens (tertiary/aromatic N) is 3. The largest absolute Gasteiger partial charge is 0.497 e. The molecule has 0 aliphatic heterocycles. The third-order valence-corrected chi connectivity index (χ3v) is 7.17. The van der Waals surface area contributed by atoms with Gasteiger partial charge in [0.15, 0.2) is 11.0 Å². The highest BCUT2D eigenvalue weighted by molar-refractivity contribution is 7.99. The number of carbonyl (C=O) groups excluding carboxylic acids is 2. The SMILES string of the molecule is CCn1c(SCC(=O)Nc2cc(Cl)cc(Cl)c2)nnc1[C@H](CCSC)NC(=O)c1ccc(OC)cc1. The van der Waals surface area contributed by atoms with Gasteiger partial charge in [0.2, 0.25) is 5.91 Å². The number of methoxy groups -OCH3 is 1. The van der Waals surface area contributed by atoms with Crippen molar-refractivity contribution < 1.29 is 14.3 Å². The normalized spacial score (nSPS) is 11.7. The molecule has 1 heterocycles. The fraction of sp³-hybridized carbons (Fsp3) is 0.333. The highest BCUT2D eigenvalue weighted by Gasteiger charge is 2.23. The Morgan fingerprint density at radius 2 is 1.81 bits per heavy atom. The molecule has 36 heavy (non-hydrogen) atoms. The summed E-state index contributed by atoms with van der Waals surface area (Å²) < 4.78 is 7.09. The van der Waals surface area contributed by atoms with Gasteiger partial charge in [0.1, 0.15) is 5.75 Å². The number of hydrogen-bond donors (Lipinski definition) is 2. The lowest BCUT2D eigenvalue weighted by atomic mass is 10.1. The van der Waals surface area contributed by atoms with Crippen LogP contribution in [0.1, 0.15) is 35.6 Å². The molecule has 1 atom stereocenters. The van der Waals surface area contributed by atoms with Crippen LogP contribution < -0.4 is 15.4 Å². The molecule has 0 unspecified atom stereocenters. The Morgan fingerprint density at radius 3 is 2.42 bits per heavy atom. The molecule has 0 bridgehead atoms. The highest BCUT2D eigenvalue weighted by atomic mass is 35.5. The fourth-order valence-corrected chi connectivity index (χ4v) is 5.21. The Balaban J connectivity index is 1.71. The van der Waals surface area contributed by atoms with E-state index in [1.165, 1.54) is 11.8 Å². The first-order valence-electron chi connectivity index (χ1n) is 11.1. The number of aromatic nitrogens is 3. The van der Waals surface area contributed by atoms with Crippen molar-refractivity contribution in [3.05, 3.63) is 63.9 Å². The summed E-state index contributed by atoms with van der Waals surface area (Å²) >= 11 is 15.0. The number of rotatable bonds is 12. The van der Waals surface area contributed by atoms with E-state index in [-0.39, 0.29) is 23.6 Å². The minimum absolute atomic E-state index is 0.121. The lowest BCUT2D eigenvalue weighted by Crippen LogP contribution is -2.31. The number of nitrogens with one attached hydrogen (secondary N) is 2. The van der Waals surface area contributed by atoms with E-state index in [0.29, 0.717) is 51.0 Å². The number of benzene rings is 2. The average molecular weight is 569 g/mol. The number of hydrogen-bond acceptors (Lipinski definition) is 7. The molecule has 3 rings (SSSR count). The van der Waals surface area contributed by atoms with Crippen LogP contribution in [0.15, 0.2) is 47.6 Å². The maximum Gasteiger partial charge on any atom is 0.251 e. The highest BCUT2D eigenvalue weighted by Crippen LogP contribution is 2.26. The Kier molecular flexibility index (Phi) is 10.8. The third-order valence-electron chi connectivity index (χ3n) is 5.12. The lowest BCUT2D eigenvalue weighted by molar-refractivity contribution is -0.113. The number of amides is 2. The summed E-state index contributed by atoms with van der Waals surface area (Å²) in [6.07, 6.45) is 2.70. The summed E-state index contributed by atoms with van der Waals surface area (Å²) in [6, 6.07) is 11.5. The second-order valence-corrected chi connectivity index (χ2v) is 10.4. The molecular weight excluding hydrogens is 541 g/mol. The van der Waals surface area contributed by atoms with Crippen LogP contribution in [0.3, 0.4) is 0 Å². The molecule has 2 aromatic carbocycles. The van der Waals surface area contributed by atoms with Gasteiger partial charge in [-0.25, -0.2) is 0 Å². The average Bonchev–Trinajstić information content (AvgIpc) is 3.27. The van der Waals surface area contributed by atoms with Crippen LogP contribution in [0.2, 0.25) is 10.0 Å². The Bertz CT molecular complexity index is 1170. The van der Waals surface area contributed by atoms with Gasteiger partial charge in [0.25, 0.3) is 5.91 Å². The van der Waals surface area contributed by atoms with Crippen LogP contribution >= 0.6 is 46.7 Å². The molecule has 2 N–H and O–H groups in total. The van der Waals surface area contributed by atoms with Crippen molar-refractivity contribution in [2.24, 2.45) is 0 Å². The molecule has 12 heteroatoms. The summed E-state index contributed by atoms with van der Waals surface area (Å²) in [5.41, 5.74) is 1.05. The van der Waals surface area contributed by atoms with Crippen molar-refractivity contribution in [1.29, 1.82) is 0 Å². The zero-order valence-electron chi connectivity index (χ0n) is 20.1. The smallest absolute Gasteiger partial charge is 0.251 e. The van der Waals surface area contributed by atoms with Crippen molar-refractivity contribution in [2.45, 2.75) is 31.1 Å². The van der Waals surface area contributed by atoms with Gasteiger partial charge in [-0.1, -0.05) is 35.0 Å². The van der Waals surface area contributed by atoms with Crippen molar-refractivity contribution in [3.63, 3.8) is 0 Å². The number of carbonyl (C=O) groups is 2. The van der Waals surface area contributed by atoms with E-state index in [4.69, 9.17) is 27.9 Å². The van der Waals surface area contributed by atoms with Gasteiger partial charge >= 0.3 is 0 Å². The topological polar surface area (TPSA) is 98.1 Å². The zero-order chi connectivity index (χ0) is 26.1. The van der Waals surface area contributed by atoms with E-state index >= 15 is 0 Å². The predicted molar refractivity (Wildman–Crippen MR) is 148 cm³/mol. The molecule has 2 amide bonds. The van der Waals surface area contributed by atoms with E-state index in [9.17, 15) is 9.59 Å². The Morgan fingerprint density at radius 1 is 1.11 bits per heavy atom. The summed E-state index contributed by atoms with van der Waals surface area (Å²) in [4.78, 5) is 25.4. The van der Waals surface area contributed by atoms with Crippen LogP contribution in [-0.2, 0) is 11.3 Å². The molecule has 192 valence electrons. The molecular formula is C24H27Cl2N5O3S2. The first-order chi connectivity index (χ1) is 17.3. The standard InChI is InChI=1S/C24H27Cl2N5O3S2/c1-4-31-22(20(9-10-35-3)28-23(33)15-5-7-19(34-2)8-6-15)29-30-24(31)36-14-21(32)27-18-12-16(25)11-17(26)13-18/h5-8,11-13,20H,4,9-10,14H2,1-3H3,(H,27,32)(H,28,33)/t20-/m0/s1. The van der Waals surface area contributed by atoms with Crippen molar-refractivity contribution in [3.8, 4) is 5.75 Å². The maximum atomic E-state index is 12.9. The number of anilines is 1. The second kappa shape index (κ2) is 13.8. The van der Waals surface area contributed by atoms with E-state index in [1.807, 2.05) is 17.7 Å². The first kappa shape index (κ1) is 28.2. The van der Waals surface area contributed by atoms with Gasteiger partial charge in [-0.3, -0.25) is 9.59 Å². The summed E-state index contributed by atoms with van der Waals surface area (Å²) in [7, 11) is 1.58. The van der Waals surface area contributed by atoms with E-state index in [2.05, 4.69) is 20.8 Å². The minimum atomic E-state index is -0.337. The molecule has 0 aliphatic rings. The lowest BCUT2D eigenvalue weighted by Gasteiger charge is -2.19. The molecule has 0 spiro atoms. The number of thioether (sulfide) groups is 2. The maximum absolute atomic E-state index is 12.9. The third kappa shape index (κ3) is 7.80. The van der Waals surface area contributed by atoms with E-state index < -0.39 is 0 Å². The van der Waals surface area contributed by atoms with E-state index in [0.717, 1.165) is 5.75 Å². The summed E-state index contributed by atoms with van der Waals surface area (Å²) in [5.74, 6) is 1.85. The molecule has 0 radical (unpaired) electrons. The molecule has 0 fully saturated rings.